The summed E-state index contributed by atoms with van der Waals surface area (Å²) in [6.45, 7) is 3.62. The smallest absolute Gasteiger partial charge is 0.338 e. The highest BCUT2D eigenvalue weighted by molar-refractivity contribution is 7.80. The molecule has 3 aromatic rings. The molecular formula is C30H28Cl2N4O5S. The Morgan fingerprint density at radius 1 is 1.07 bits per heavy atom. The molecule has 1 aliphatic heterocycles. The van der Waals surface area contributed by atoms with Crippen LogP contribution in [0.5, 0.6) is 11.5 Å². The summed E-state index contributed by atoms with van der Waals surface area (Å²) >= 11 is 17.9. The number of allylic oxidation sites excluding steroid dienone is 1. The molecule has 1 heterocycles. The van der Waals surface area contributed by atoms with Gasteiger partial charge in [0.05, 0.1) is 29.5 Å². The Bertz CT molecular complexity index is 1530. The Morgan fingerprint density at radius 2 is 1.81 bits per heavy atom. The van der Waals surface area contributed by atoms with Gasteiger partial charge < -0.3 is 24.8 Å². The third-order valence-corrected chi connectivity index (χ3v) is 6.73. The summed E-state index contributed by atoms with van der Waals surface area (Å²) in [5.41, 5.74) is 5.41. The largest absolute Gasteiger partial charge is 0.487 e. The number of hydrogen-bond donors (Lipinski definition) is 3. The normalized spacial score (nSPS) is 14.7. The minimum atomic E-state index is -0.642. The maximum atomic E-state index is 12.7. The van der Waals surface area contributed by atoms with Crippen LogP contribution >= 0.6 is 35.4 Å². The molecule has 12 heteroatoms. The summed E-state index contributed by atoms with van der Waals surface area (Å²) in [4.78, 5) is 25.4. The van der Waals surface area contributed by atoms with Crippen LogP contribution in [0.25, 0.3) is 0 Å². The third-order valence-electron chi connectivity index (χ3n) is 6.01. The highest BCUT2D eigenvalue weighted by atomic mass is 35.5. The van der Waals surface area contributed by atoms with Crippen molar-refractivity contribution in [2.24, 2.45) is 5.10 Å². The number of thiocarbonyl (C=S) groups is 1. The van der Waals surface area contributed by atoms with E-state index in [1.54, 1.807) is 50.2 Å². The van der Waals surface area contributed by atoms with E-state index in [1.807, 2.05) is 30.3 Å². The second-order valence-corrected chi connectivity index (χ2v) is 10.2. The highest BCUT2D eigenvalue weighted by Gasteiger charge is 2.32. The van der Waals surface area contributed by atoms with Crippen molar-refractivity contribution < 1.29 is 23.8 Å². The molecule has 1 atom stereocenters. The molecule has 3 N–H and O–H groups in total. The quantitative estimate of drug-likeness (QED) is 0.111. The fourth-order valence-electron chi connectivity index (χ4n) is 4.16. The summed E-state index contributed by atoms with van der Waals surface area (Å²) in [6.07, 6.45) is 1.39. The number of hydrogen-bond acceptors (Lipinski definition) is 7. The van der Waals surface area contributed by atoms with Gasteiger partial charge in [0.1, 0.15) is 18.1 Å². The Labute approximate surface area is 258 Å². The van der Waals surface area contributed by atoms with Gasteiger partial charge in [0.2, 0.25) is 0 Å². The molecule has 4 rings (SSSR count). The predicted molar refractivity (Wildman–Crippen MR) is 166 cm³/mol. The number of para-hydroxylation sites is 1. The zero-order valence-electron chi connectivity index (χ0n) is 22.8. The summed E-state index contributed by atoms with van der Waals surface area (Å²) < 4.78 is 17.0. The lowest BCUT2D eigenvalue weighted by Gasteiger charge is -2.30. The first kappa shape index (κ1) is 30.8. The van der Waals surface area contributed by atoms with Gasteiger partial charge in [-0.2, -0.15) is 5.10 Å². The lowest BCUT2D eigenvalue weighted by Crippen LogP contribution is -2.45. The standard InChI is InChI=1S/C30H28Cl2N4O5S/c1-3-39-29(38)26-18(2)34-30(42)35-27(26)22-11-7-8-12-24(22)40-17-25(37)36-33-15-20-13-21(31)14-23(32)28(20)41-16-19-9-5-4-6-10-19/h4-15,27H,3,16-17H2,1-2H3,(H,36,37)(H2,34,35,42)/t27-/m0/s1. The van der Waals surface area contributed by atoms with E-state index < -0.39 is 17.9 Å². The number of benzene rings is 3. The molecule has 0 fully saturated rings. The fraction of sp³-hybridized carbons (Fsp3) is 0.200. The number of nitrogens with one attached hydrogen (secondary N) is 3. The van der Waals surface area contributed by atoms with Gasteiger partial charge in [0.25, 0.3) is 5.91 Å². The van der Waals surface area contributed by atoms with Crippen LogP contribution in [-0.2, 0) is 20.9 Å². The number of carbonyl (C=O) groups excluding carboxylic acids is 2. The van der Waals surface area contributed by atoms with Gasteiger partial charge in [-0.15, -0.1) is 0 Å². The second kappa shape index (κ2) is 14.7. The number of carbonyl (C=O) groups is 2. The van der Waals surface area contributed by atoms with Crippen molar-refractivity contribution in [1.82, 2.24) is 16.1 Å². The van der Waals surface area contributed by atoms with Crippen LogP contribution < -0.4 is 25.5 Å². The Kier molecular flexibility index (Phi) is 10.8. The predicted octanol–water partition coefficient (Wildman–Crippen LogP) is 5.46. The van der Waals surface area contributed by atoms with E-state index in [4.69, 9.17) is 49.6 Å². The number of ether oxygens (including phenoxy) is 3. The van der Waals surface area contributed by atoms with Crippen LogP contribution in [0.2, 0.25) is 10.0 Å². The Hall–Kier alpha value is -4.12. The van der Waals surface area contributed by atoms with Gasteiger partial charge in [-0.25, -0.2) is 10.2 Å². The van der Waals surface area contributed by atoms with E-state index in [9.17, 15) is 9.59 Å². The van der Waals surface area contributed by atoms with Gasteiger partial charge in [-0.1, -0.05) is 71.7 Å². The van der Waals surface area contributed by atoms with Crippen molar-refractivity contribution in [1.29, 1.82) is 0 Å². The van der Waals surface area contributed by atoms with Crippen LogP contribution in [-0.4, -0.2) is 36.4 Å². The molecular weight excluding hydrogens is 599 g/mol. The molecule has 0 aliphatic carbocycles. The van der Waals surface area contributed by atoms with E-state index in [0.29, 0.717) is 49.1 Å². The van der Waals surface area contributed by atoms with Gasteiger partial charge in [-0.05, 0) is 49.8 Å². The molecule has 9 nitrogen and oxygen atoms in total. The zero-order chi connectivity index (χ0) is 30.1. The van der Waals surface area contributed by atoms with Crippen LogP contribution in [0.3, 0.4) is 0 Å². The Morgan fingerprint density at radius 3 is 2.57 bits per heavy atom. The molecule has 0 saturated heterocycles. The van der Waals surface area contributed by atoms with Crippen molar-refractivity contribution in [3.8, 4) is 11.5 Å². The van der Waals surface area contributed by atoms with E-state index in [1.165, 1.54) is 6.21 Å². The number of esters is 1. The van der Waals surface area contributed by atoms with Crippen molar-refractivity contribution in [2.45, 2.75) is 26.5 Å². The van der Waals surface area contributed by atoms with Gasteiger partial charge in [0.15, 0.2) is 11.7 Å². The van der Waals surface area contributed by atoms with Gasteiger partial charge >= 0.3 is 5.97 Å². The highest BCUT2D eigenvalue weighted by Crippen LogP contribution is 2.34. The van der Waals surface area contributed by atoms with E-state index in [-0.39, 0.29) is 19.8 Å². The van der Waals surface area contributed by atoms with E-state index in [0.717, 1.165) is 5.56 Å². The van der Waals surface area contributed by atoms with Crippen LogP contribution in [0.1, 0.15) is 36.6 Å². The van der Waals surface area contributed by atoms with Gasteiger partial charge in [0, 0.05) is 21.8 Å². The first-order chi connectivity index (χ1) is 20.3. The van der Waals surface area contributed by atoms with Crippen molar-refractivity contribution >= 4 is 58.6 Å². The lowest BCUT2D eigenvalue weighted by molar-refractivity contribution is -0.139. The van der Waals surface area contributed by atoms with Crippen LogP contribution in [0, 0.1) is 0 Å². The molecule has 0 bridgehead atoms. The fourth-order valence-corrected chi connectivity index (χ4v) is 5.00. The second-order valence-electron chi connectivity index (χ2n) is 8.99. The summed E-state index contributed by atoms with van der Waals surface area (Å²) in [7, 11) is 0. The summed E-state index contributed by atoms with van der Waals surface area (Å²) in [5, 5.41) is 11.1. The average molecular weight is 628 g/mol. The van der Waals surface area contributed by atoms with E-state index in [2.05, 4.69) is 21.2 Å². The van der Waals surface area contributed by atoms with Crippen LogP contribution in [0.4, 0.5) is 0 Å². The van der Waals surface area contributed by atoms with E-state index >= 15 is 0 Å². The molecule has 0 spiro atoms. The zero-order valence-corrected chi connectivity index (χ0v) is 25.1. The molecule has 1 aliphatic rings. The van der Waals surface area contributed by atoms with Crippen molar-refractivity contribution in [3.63, 3.8) is 0 Å². The molecule has 0 radical (unpaired) electrons. The molecule has 0 saturated carbocycles. The van der Waals surface area contributed by atoms with Crippen LogP contribution in [0.15, 0.2) is 83.1 Å². The minimum absolute atomic E-state index is 0.216. The lowest BCUT2D eigenvalue weighted by atomic mass is 9.95. The third kappa shape index (κ3) is 8.00. The number of halogens is 2. The Balaban J connectivity index is 1.43. The first-order valence-corrected chi connectivity index (χ1v) is 14.1. The topological polar surface area (TPSA) is 110 Å². The minimum Gasteiger partial charge on any atom is -0.487 e. The summed E-state index contributed by atoms with van der Waals surface area (Å²) in [6, 6.07) is 19.2. The number of rotatable bonds is 11. The summed E-state index contributed by atoms with van der Waals surface area (Å²) in [5.74, 6) is -0.252. The van der Waals surface area contributed by atoms with Gasteiger partial charge in [-0.3, -0.25) is 4.79 Å². The molecule has 218 valence electrons. The first-order valence-electron chi connectivity index (χ1n) is 12.9. The molecule has 0 unspecified atom stereocenters. The van der Waals surface area contributed by atoms with Crippen molar-refractivity contribution in [2.75, 3.05) is 13.2 Å². The number of amides is 1. The number of hydrazone groups is 1. The molecule has 1 amide bonds. The average Bonchev–Trinajstić information content (AvgIpc) is 2.96. The number of nitrogens with zero attached hydrogens (tertiary/aromatic N) is 1. The molecule has 3 aromatic carbocycles. The SMILES string of the molecule is CCOC(=O)C1=C(C)NC(=S)N[C@H]1c1ccccc1OCC(=O)NN=Cc1cc(Cl)cc(Cl)c1OCc1ccccc1. The monoisotopic (exact) mass is 626 g/mol. The maximum absolute atomic E-state index is 12.7. The van der Waals surface area contributed by atoms with Crippen molar-refractivity contribution in [3.05, 3.63) is 105 Å². The maximum Gasteiger partial charge on any atom is 0.338 e. The molecule has 0 aromatic heterocycles. The molecule has 42 heavy (non-hydrogen) atoms.